The molecule has 2 aromatic carbocycles. The number of benzene rings is 2. The van der Waals surface area contributed by atoms with Crippen molar-refractivity contribution in [3.05, 3.63) is 66.1 Å². The zero-order chi connectivity index (χ0) is 21.8. The van der Waals surface area contributed by atoms with Crippen molar-refractivity contribution in [2.45, 2.75) is 25.8 Å². The van der Waals surface area contributed by atoms with Gasteiger partial charge in [0.25, 0.3) is 0 Å². The van der Waals surface area contributed by atoms with E-state index in [1.54, 1.807) is 7.11 Å². The second-order valence-corrected chi connectivity index (χ2v) is 8.30. The Balaban J connectivity index is 1.33. The highest BCUT2D eigenvalue weighted by atomic mass is 16.5. The van der Waals surface area contributed by atoms with Crippen LogP contribution in [0.4, 0.5) is 0 Å². The van der Waals surface area contributed by atoms with Gasteiger partial charge in [-0.25, -0.2) is 0 Å². The molecule has 162 valence electrons. The Labute approximate surface area is 182 Å². The number of aromatic nitrogens is 2. The van der Waals surface area contributed by atoms with Crippen LogP contribution in [-0.4, -0.2) is 59.1 Å². The minimum Gasteiger partial charge on any atom is -0.497 e. The smallest absolute Gasteiger partial charge is 0.241 e. The highest BCUT2D eigenvalue weighted by Crippen LogP contribution is 2.26. The van der Waals surface area contributed by atoms with Gasteiger partial charge in [-0.05, 0) is 43.7 Å². The third-order valence-electron chi connectivity index (χ3n) is 5.86. The first-order valence-electron chi connectivity index (χ1n) is 10.5. The molecule has 0 atom stereocenters. The van der Waals surface area contributed by atoms with Crippen LogP contribution in [0.5, 0.6) is 5.75 Å². The average Bonchev–Trinajstić information content (AvgIpc) is 3.28. The van der Waals surface area contributed by atoms with Gasteiger partial charge in [0.1, 0.15) is 5.75 Å². The Bertz CT molecular complexity index is 1010. The Morgan fingerprint density at radius 1 is 1.03 bits per heavy atom. The number of nitrogens with zero attached hydrogens (tertiary/aromatic N) is 4. The van der Waals surface area contributed by atoms with Crippen molar-refractivity contribution in [3.8, 4) is 17.1 Å². The standard InChI is InChI=1S/C24H28N4O3/c1-24(2,19-7-5-4-6-8-19)23(29)28-15-13-27(14-16-28)17-21-25-22(26-31-21)18-9-11-20(30-3)12-10-18/h4-12H,13-17H2,1-3H3. The molecule has 0 saturated carbocycles. The molecule has 7 nitrogen and oxygen atoms in total. The normalized spacial score (nSPS) is 15.1. The number of ether oxygens (including phenoxy) is 1. The fourth-order valence-corrected chi connectivity index (χ4v) is 3.85. The third-order valence-corrected chi connectivity index (χ3v) is 5.86. The van der Waals surface area contributed by atoms with Crippen LogP contribution in [-0.2, 0) is 16.8 Å². The van der Waals surface area contributed by atoms with Gasteiger partial charge in [-0.3, -0.25) is 9.69 Å². The van der Waals surface area contributed by atoms with Gasteiger partial charge in [0.15, 0.2) is 0 Å². The molecule has 1 aliphatic rings. The molecule has 0 unspecified atom stereocenters. The molecule has 1 amide bonds. The predicted octanol–water partition coefficient (Wildman–Crippen LogP) is 3.37. The number of carbonyl (C=O) groups is 1. The van der Waals surface area contributed by atoms with Crippen LogP contribution in [0, 0.1) is 0 Å². The summed E-state index contributed by atoms with van der Waals surface area (Å²) in [5.74, 6) is 2.10. The van der Waals surface area contributed by atoms with Crippen LogP contribution in [0.25, 0.3) is 11.4 Å². The SMILES string of the molecule is COc1ccc(-c2noc(CN3CCN(C(=O)C(C)(C)c4ccccc4)CC3)n2)cc1. The maximum atomic E-state index is 13.1. The number of hydrogen-bond acceptors (Lipinski definition) is 6. The van der Waals surface area contributed by atoms with Crippen LogP contribution in [0.1, 0.15) is 25.3 Å². The van der Waals surface area contributed by atoms with Crippen LogP contribution in [0.2, 0.25) is 0 Å². The first kappa shape index (κ1) is 21.1. The Kier molecular flexibility index (Phi) is 6.04. The number of amides is 1. The lowest BCUT2D eigenvalue weighted by Gasteiger charge is -2.38. The summed E-state index contributed by atoms with van der Waals surface area (Å²) in [4.78, 5) is 21.9. The monoisotopic (exact) mass is 420 g/mol. The summed E-state index contributed by atoms with van der Waals surface area (Å²) < 4.78 is 10.6. The summed E-state index contributed by atoms with van der Waals surface area (Å²) in [6.45, 7) is 7.50. The Morgan fingerprint density at radius 2 is 1.71 bits per heavy atom. The van der Waals surface area contributed by atoms with E-state index in [2.05, 4.69) is 15.0 Å². The molecule has 2 heterocycles. The molecule has 1 aromatic heterocycles. The van der Waals surface area contributed by atoms with Gasteiger partial charge in [0, 0.05) is 31.7 Å². The lowest BCUT2D eigenvalue weighted by Crippen LogP contribution is -2.52. The molecule has 1 fully saturated rings. The van der Waals surface area contributed by atoms with E-state index in [1.807, 2.05) is 73.3 Å². The molecule has 0 radical (unpaired) electrons. The summed E-state index contributed by atoms with van der Waals surface area (Å²) in [6, 6.07) is 17.5. The molecular formula is C24H28N4O3. The molecule has 31 heavy (non-hydrogen) atoms. The summed E-state index contributed by atoms with van der Waals surface area (Å²) in [7, 11) is 1.64. The van der Waals surface area contributed by atoms with Gasteiger partial charge in [0.05, 0.1) is 19.1 Å². The van der Waals surface area contributed by atoms with Crippen LogP contribution < -0.4 is 4.74 Å². The number of piperazine rings is 1. The highest BCUT2D eigenvalue weighted by Gasteiger charge is 2.35. The summed E-state index contributed by atoms with van der Waals surface area (Å²) in [6.07, 6.45) is 0. The van der Waals surface area contributed by atoms with Crippen molar-refractivity contribution in [1.29, 1.82) is 0 Å². The zero-order valence-corrected chi connectivity index (χ0v) is 18.2. The number of methoxy groups -OCH3 is 1. The summed E-state index contributed by atoms with van der Waals surface area (Å²) in [5.41, 5.74) is 1.39. The van der Waals surface area contributed by atoms with Gasteiger partial charge in [-0.2, -0.15) is 4.98 Å². The molecule has 0 spiro atoms. The molecule has 1 saturated heterocycles. The van der Waals surface area contributed by atoms with Crippen molar-refractivity contribution in [2.24, 2.45) is 0 Å². The maximum Gasteiger partial charge on any atom is 0.241 e. The lowest BCUT2D eigenvalue weighted by molar-refractivity contribution is -0.138. The topological polar surface area (TPSA) is 71.7 Å². The largest absolute Gasteiger partial charge is 0.497 e. The van der Waals surface area contributed by atoms with E-state index < -0.39 is 5.41 Å². The number of rotatable bonds is 6. The molecule has 4 rings (SSSR count). The fourth-order valence-electron chi connectivity index (χ4n) is 3.85. The van der Waals surface area contributed by atoms with Crippen LogP contribution in [0.3, 0.4) is 0 Å². The van der Waals surface area contributed by atoms with Gasteiger partial charge < -0.3 is 14.2 Å². The first-order chi connectivity index (χ1) is 15.0. The first-order valence-corrected chi connectivity index (χ1v) is 10.5. The predicted molar refractivity (Wildman–Crippen MR) is 118 cm³/mol. The lowest BCUT2D eigenvalue weighted by atomic mass is 9.83. The zero-order valence-electron chi connectivity index (χ0n) is 18.2. The Hall–Kier alpha value is -3.19. The van der Waals surface area contributed by atoms with E-state index in [1.165, 1.54) is 0 Å². The third kappa shape index (κ3) is 4.61. The van der Waals surface area contributed by atoms with Gasteiger partial charge in [-0.15, -0.1) is 0 Å². The van der Waals surface area contributed by atoms with Crippen molar-refractivity contribution in [3.63, 3.8) is 0 Å². The second-order valence-electron chi connectivity index (χ2n) is 8.30. The minimum atomic E-state index is -0.539. The number of carbonyl (C=O) groups excluding carboxylic acids is 1. The minimum absolute atomic E-state index is 0.165. The van der Waals surface area contributed by atoms with Crippen LogP contribution in [0.15, 0.2) is 59.1 Å². The molecule has 0 N–H and O–H groups in total. The van der Waals surface area contributed by atoms with Gasteiger partial charge in [0.2, 0.25) is 17.6 Å². The average molecular weight is 421 g/mol. The quantitative estimate of drug-likeness (QED) is 0.609. The molecular weight excluding hydrogens is 392 g/mol. The van der Waals surface area contributed by atoms with Crippen LogP contribution >= 0.6 is 0 Å². The van der Waals surface area contributed by atoms with Crippen molar-refractivity contribution < 1.29 is 14.1 Å². The molecule has 3 aromatic rings. The molecule has 7 heteroatoms. The van der Waals surface area contributed by atoms with Gasteiger partial charge >= 0.3 is 0 Å². The molecule has 0 bridgehead atoms. The van der Waals surface area contributed by atoms with E-state index in [9.17, 15) is 4.79 Å². The maximum absolute atomic E-state index is 13.1. The van der Waals surface area contributed by atoms with E-state index in [4.69, 9.17) is 9.26 Å². The van der Waals surface area contributed by atoms with Gasteiger partial charge in [-0.1, -0.05) is 35.5 Å². The summed E-state index contributed by atoms with van der Waals surface area (Å²) in [5, 5.41) is 4.10. The highest BCUT2D eigenvalue weighted by molar-refractivity contribution is 5.87. The second kappa shape index (κ2) is 8.89. The van der Waals surface area contributed by atoms with E-state index >= 15 is 0 Å². The fraction of sp³-hybridized carbons (Fsp3) is 0.375. The summed E-state index contributed by atoms with van der Waals surface area (Å²) >= 11 is 0. The van der Waals surface area contributed by atoms with Crippen molar-refractivity contribution >= 4 is 5.91 Å². The number of hydrogen-bond donors (Lipinski definition) is 0. The molecule has 1 aliphatic heterocycles. The van der Waals surface area contributed by atoms with Crippen molar-refractivity contribution in [2.75, 3.05) is 33.3 Å². The van der Waals surface area contributed by atoms with E-state index in [0.29, 0.717) is 31.3 Å². The Morgan fingerprint density at radius 3 is 2.35 bits per heavy atom. The van der Waals surface area contributed by atoms with E-state index in [0.717, 1.165) is 30.0 Å². The molecule has 0 aliphatic carbocycles. The van der Waals surface area contributed by atoms with Crippen molar-refractivity contribution in [1.82, 2.24) is 19.9 Å². The van der Waals surface area contributed by atoms with E-state index in [-0.39, 0.29) is 5.91 Å².